The van der Waals surface area contributed by atoms with Crippen LogP contribution in [0.4, 0.5) is 5.69 Å². The van der Waals surface area contributed by atoms with Crippen molar-refractivity contribution in [1.82, 2.24) is 9.47 Å². The number of anilines is 1. The van der Waals surface area contributed by atoms with E-state index in [9.17, 15) is 19.8 Å². The molecule has 0 radical (unpaired) electrons. The van der Waals surface area contributed by atoms with Crippen LogP contribution in [0.2, 0.25) is 0 Å². The first-order chi connectivity index (χ1) is 17.1. The fourth-order valence-electron chi connectivity index (χ4n) is 4.54. The zero-order valence-electron chi connectivity index (χ0n) is 18.7. The van der Waals surface area contributed by atoms with E-state index in [1.165, 1.54) is 0 Å². The van der Waals surface area contributed by atoms with Gasteiger partial charge in [0.15, 0.2) is 0 Å². The Bertz CT molecular complexity index is 1520. The number of benzene rings is 3. The summed E-state index contributed by atoms with van der Waals surface area (Å²) in [6.45, 7) is -0.597. The number of carbonyl (C=O) groups is 2. The molecule has 1 aliphatic rings. The summed E-state index contributed by atoms with van der Waals surface area (Å²) in [6, 6.07) is 15.4. The molecule has 1 aliphatic heterocycles. The van der Waals surface area contributed by atoms with Gasteiger partial charge in [-0.2, -0.15) is 5.10 Å². The van der Waals surface area contributed by atoms with E-state index in [-0.39, 0.29) is 0 Å². The minimum absolute atomic E-state index is 0.328. The lowest BCUT2D eigenvalue weighted by Crippen LogP contribution is -2.50. The van der Waals surface area contributed by atoms with Gasteiger partial charge in [0.25, 0.3) is 11.8 Å². The van der Waals surface area contributed by atoms with Gasteiger partial charge in [0, 0.05) is 44.6 Å². The third kappa shape index (κ3) is 3.64. The smallest absolute Gasteiger partial charge is 0.261 e. The molecule has 8 nitrogen and oxygen atoms in total. The van der Waals surface area contributed by atoms with Gasteiger partial charge in [-0.3, -0.25) is 19.9 Å². The fourth-order valence-corrected chi connectivity index (χ4v) is 4.54. The lowest BCUT2D eigenvalue weighted by atomic mass is 9.92. The first-order valence-corrected chi connectivity index (χ1v) is 11.0. The van der Waals surface area contributed by atoms with Crippen LogP contribution in [0, 0.1) is 12.3 Å². The number of amides is 2. The average molecular weight is 466 g/mol. The van der Waals surface area contributed by atoms with Crippen LogP contribution in [0.5, 0.6) is 0 Å². The van der Waals surface area contributed by atoms with Crippen molar-refractivity contribution in [2.45, 2.75) is 12.6 Å². The highest BCUT2D eigenvalue weighted by atomic mass is 16.3. The Morgan fingerprint density at radius 2 is 1.69 bits per heavy atom. The number of hydrogen-bond acceptors (Lipinski definition) is 6. The number of hydrogen-bond donors (Lipinski definition) is 3. The number of aliphatic hydroxyl groups is 2. The molecule has 0 atom stereocenters. The number of fused-ring (bicyclic) bond motifs is 1. The highest BCUT2D eigenvalue weighted by molar-refractivity contribution is 6.27. The normalized spacial score (nSPS) is 13.4. The van der Waals surface area contributed by atoms with Crippen molar-refractivity contribution in [3.63, 3.8) is 0 Å². The molecule has 0 spiro atoms. The van der Waals surface area contributed by atoms with Crippen molar-refractivity contribution in [2.75, 3.05) is 18.6 Å². The molecule has 1 aromatic heterocycles. The van der Waals surface area contributed by atoms with Crippen LogP contribution in [0.3, 0.4) is 0 Å². The summed E-state index contributed by atoms with van der Waals surface area (Å²) in [5.41, 5.74) is 6.23. The summed E-state index contributed by atoms with van der Waals surface area (Å²) in [6.07, 6.45) is 9.15. The van der Waals surface area contributed by atoms with Gasteiger partial charge in [0.05, 0.1) is 37.7 Å². The predicted octanol–water partition coefficient (Wildman–Crippen LogP) is 2.82. The molecule has 0 unspecified atom stereocenters. The minimum atomic E-state index is -1.00. The quantitative estimate of drug-likeness (QED) is 0.168. The minimum Gasteiger partial charge on any atom is -0.394 e. The van der Waals surface area contributed by atoms with Crippen molar-refractivity contribution >= 4 is 45.4 Å². The molecule has 0 aliphatic carbocycles. The molecule has 0 saturated carbocycles. The third-order valence-corrected chi connectivity index (χ3v) is 6.20. The van der Waals surface area contributed by atoms with E-state index in [2.05, 4.69) is 16.4 Å². The van der Waals surface area contributed by atoms with Crippen LogP contribution in [0.25, 0.3) is 21.7 Å². The van der Waals surface area contributed by atoms with E-state index in [4.69, 9.17) is 6.42 Å². The molecule has 0 fully saturated rings. The first-order valence-electron chi connectivity index (χ1n) is 11.0. The maximum Gasteiger partial charge on any atom is 0.261 e. The average Bonchev–Trinajstić information content (AvgIpc) is 3.23. The number of imide groups is 1. The maximum absolute atomic E-state index is 13.1. The van der Waals surface area contributed by atoms with Gasteiger partial charge in [-0.15, -0.1) is 6.42 Å². The third-order valence-electron chi connectivity index (χ3n) is 6.20. The molecule has 2 heterocycles. The molecule has 3 N–H and O–H groups in total. The maximum atomic E-state index is 13.1. The van der Waals surface area contributed by atoms with Gasteiger partial charge >= 0.3 is 0 Å². The number of carbonyl (C=O) groups excluding carboxylic acids is 2. The topological polar surface area (TPSA) is 107 Å². The summed E-state index contributed by atoms with van der Waals surface area (Å²) in [4.78, 5) is 27.1. The monoisotopic (exact) mass is 466 g/mol. The Labute approximate surface area is 201 Å². The van der Waals surface area contributed by atoms with Crippen LogP contribution in [-0.2, 0) is 6.54 Å². The number of terminal acetylenes is 1. The van der Waals surface area contributed by atoms with Gasteiger partial charge in [0.2, 0.25) is 0 Å². The van der Waals surface area contributed by atoms with Gasteiger partial charge in [-0.05, 0) is 24.3 Å². The number of rotatable bonds is 7. The number of aromatic nitrogens is 1. The van der Waals surface area contributed by atoms with Crippen LogP contribution < -0.4 is 5.43 Å². The van der Waals surface area contributed by atoms with Crippen molar-refractivity contribution in [3.8, 4) is 12.3 Å². The van der Waals surface area contributed by atoms with Crippen molar-refractivity contribution in [1.29, 1.82) is 0 Å². The summed E-state index contributed by atoms with van der Waals surface area (Å²) in [7, 11) is 0. The van der Waals surface area contributed by atoms with Crippen LogP contribution in [0.15, 0.2) is 65.9 Å². The molecule has 0 saturated heterocycles. The molecule has 4 aromatic rings. The van der Waals surface area contributed by atoms with Crippen LogP contribution in [-0.4, -0.2) is 57.0 Å². The molecule has 0 bridgehead atoms. The molecule has 3 aromatic carbocycles. The zero-order valence-corrected chi connectivity index (χ0v) is 18.7. The summed E-state index contributed by atoms with van der Waals surface area (Å²) < 4.78 is 1.98. The second-order valence-corrected chi connectivity index (χ2v) is 8.19. The standard InChI is InChI=1S/C27H22N4O4/c1-2-12-30-14-17(19-6-3-4-9-24(19)30)13-28-29-23-11-10-22-25-20(23)7-5-8-21(25)26(34)31(27(22)35)18(15-32)16-33/h1,3-11,13-14,18,29,32-33H,12,15-16H2/b28-13+. The molecule has 2 amide bonds. The highest BCUT2D eigenvalue weighted by Crippen LogP contribution is 2.35. The Kier molecular flexibility index (Phi) is 5.79. The highest BCUT2D eigenvalue weighted by Gasteiger charge is 2.37. The predicted molar refractivity (Wildman–Crippen MR) is 134 cm³/mol. The zero-order chi connectivity index (χ0) is 24.5. The molecule has 5 rings (SSSR count). The molecule has 174 valence electrons. The molecule has 35 heavy (non-hydrogen) atoms. The van der Waals surface area contributed by atoms with E-state index in [1.54, 1.807) is 30.5 Å². The molecular formula is C27H22N4O4. The summed E-state index contributed by atoms with van der Waals surface area (Å²) in [5.74, 6) is 1.55. The van der Waals surface area contributed by atoms with Gasteiger partial charge < -0.3 is 14.8 Å². The Hall–Kier alpha value is -4.45. The van der Waals surface area contributed by atoms with Crippen LogP contribution in [0.1, 0.15) is 26.3 Å². The number of para-hydroxylation sites is 1. The largest absolute Gasteiger partial charge is 0.394 e. The summed E-state index contributed by atoms with van der Waals surface area (Å²) >= 11 is 0. The molecular weight excluding hydrogens is 444 g/mol. The summed E-state index contributed by atoms with van der Waals surface area (Å²) in [5, 5.41) is 25.7. The SMILES string of the molecule is C#CCn1cc(/C=N/Nc2ccc3c4c(cccc24)C(=O)N(C(CO)CO)C3=O)c2ccccc21. The lowest BCUT2D eigenvalue weighted by molar-refractivity contribution is 0.0375. The van der Waals surface area contributed by atoms with E-state index in [0.717, 1.165) is 21.4 Å². The number of nitrogens with one attached hydrogen (secondary N) is 1. The number of nitrogens with zero attached hydrogens (tertiary/aromatic N) is 3. The lowest BCUT2D eigenvalue weighted by Gasteiger charge is -2.32. The van der Waals surface area contributed by atoms with E-state index >= 15 is 0 Å². The van der Waals surface area contributed by atoms with Crippen LogP contribution >= 0.6 is 0 Å². The van der Waals surface area contributed by atoms with Crippen molar-refractivity contribution in [2.24, 2.45) is 5.10 Å². The second-order valence-electron chi connectivity index (χ2n) is 8.19. The second kappa shape index (κ2) is 9.06. The van der Waals surface area contributed by atoms with Gasteiger partial charge in [0.1, 0.15) is 0 Å². The number of hydrazone groups is 1. The van der Waals surface area contributed by atoms with E-state index in [0.29, 0.717) is 34.1 Å². The Morgan fingerprint density at radius 1 is 0.971 bits per heavy atom. The van der Waals surface area contributed by atoms with E-state index < -0.39 is 31.1 Å². The van der Waals surface area contributed by atoms with Gasteiger partial charge in [-0.1, -0.05) is 36.3 Å². The fraction of sp³-hybridized carbons (Fsp3) is 0.148. The van der Waals surface area contributed by atoms with Gasteiger partial charge in [-0.25, -0.2) is 0 Å². The van der Waals surface area contributed by atoms with E-state index in [1.807, 2.05) is 41.1 Å². The first kappa shape index (κ1) is 22.3. The molecule has 8 heteroatoms. The number of aliphatic hydroxyl groups excluding tert-OH is 2. The van der Waals surface area contributed by atoms with Crippen molar-refractivity contribution < 1.29 is 19.8 Å². The van der Waals surface area contributed by atoms with Crippen molar-refractivity contribution in [3.05, 3.63) is 77.5 Å². The Morgan fingerprint density at radius 3 is 2.43 bits per heavy atom. The Balaban J connectivity index is 1.51.